The second-order valence-corrected chi connectivity index (χ2v) is 7.67. The van der Waals surface area contributed by atoms with Crippen LogP contribution < -0.4 is 0 Å². The molecular weight excluding hydrogens is 330 g/mol. The number of aromatic nitrogens is 2. The quantitative estimate of drug-likeness (QED) is 0.809. The van der Waals surface area contributed by atoms with Gasteiger partial charge in [0, 0.05) is 32.3 Å². The second-order valence-electron chi connectivity index (χ2n) is 7.67. The predicted octanol–water partition coefficient (Wildman–Crippen LogP) is 2.23. The van der Waals surface area contributed by atoms with E-state index in [1.165, 1.54) is 0 Å². The van der Waals surface area contributed by atoms with Gasteiger partial charge in [0.05, 0.1) is 18.3 Å². The lowest BCUT2D eigenvalue weighted by molar-refractivity contribution is -0.133. The maximum Gasteiger partial charge on any atom is 0.257 e. The van der Waals surface area contributed by atoms with E-state index in [1.807, 2.05) is 18.7 Å². The summed E-state index contributed by atoms with van der Waals surface area (Å²) in [6.07, 6.45) is 7.70. The largest absolute Gasteiger partial charge is 0.336 e. The number of carbonyl (C=O) groups excluding carboxylic acids is 2. The van der Waals surface area contributed by atoms with Gasteiger partial charge in [-0.3, -0.25) is 24.2 Å². The first-order chi connectivity index (χ1) is 12.4. The van der Waals surface area contributed by atoms with Crippen LogP contribution in [0.3, 0.4) is 0 Å². The number of piperidine rings is 1. The molecule has 1 spiro atoms. The molecule has 0 bridgehead atoms. The minimum absolute atomic E-state index is 0.0577. The number of likely N-dealkylation sites (tertiary alicyclic amines) is 1. The summed E-state index contributed by atoms with van der Waals surface area (Å²) in [6.45, 7) is 7.21. The van der Waals surface area contributed by atoms with Gasteiger partial charge < -0.3 is 4.90 Å². The standard InChI is InChI=1S/C19H29N5O2/c1-5-6-8-16-21-19(18(26)24(16)14(2)3)9-7-10-23(13-19)17(25)15-11-20-22(4)12-15/h11-12,14H,5-10,13H2,1-4H3. The molecule has 26 heavy (non-hydrogen) atoms. The van der Waals surface area contributed by atoms with Crippen LogP contribution in [0.1, 0.15) is 63.2 Å². The molecule has 2 aliphatic rings. The van der Waals surface area contributed by atoms with Crippen molar-refractivity contribution in [3.05, 3.63) is 18.0 Å². The number of aryl methyl sites for hydroxylation is 1. The summed E-state index contributed by atoms with van der Waals surface area (Å²) in [7, 11) is 1.79. The number of hydrogen-bond acceptors (Lipinski definition) is 4. The number of carbonyl (C=O) groups is 2. The summed E-state index contributed by atoms with van der Waals surface area (Å²) in [4.78, 5) is 34.6. The highest BCUT2D eigenvalue weighted by atomic mass is 16.2. The molecule has 1 fully saturated rings. The van der Waals surface area contributed by atoms with Crippen molar-refractivity contribution >= 4 is 17.6 Å². The fraction of sp³-hybridized carbons (Fsp3) is 0.684. The van der Waals surface area contributed by atoms with Crippen molar-refractivity contribution < 1.29 is 9.59 Å². The molecular formula is C19H29N5O2. The average Bonchev–Trinajstić information content (AvgIpc) is 3.15. The third-order valence-electron chi connectivity index (χ3n) is 5.22. The molecule has 3 heterocycles. The Kier molecular flexibility index (Phi) is 5.16. The zero-order valence-corrected chi connectivity index (χ0v) is 16.2. The SMILES string of the molecule is CCCCC1=NC2(CCCN(C(=O)c3cnn(C)c3)C2)C(=O)N1C(C)C. The van der Waals surface area contributed by atoms with E-state index >= 15 is 0 Å². The molecule has 7 heteroatoms. The Labute approximate surface area is 155 Å². The fourth-order valence-corrected chi connectivity index (χ4v) is 3.92. The normalized spacial score (nSPS) is 23.3. The molecule has 0 aliphatic carbocycles. The maximum atomic E-state index is 13.3. The van der Waals surface area contributed by atoms with Gasteiger partial charge in [-0.2, -0.15) is 5.10 Å². The Morgan fingerprint density at radius 2 is 2.15 bits per heavy atom. The van der Waals surface area contributed by atoms with Gasteiger partial charge in [0.25, 0.3) is 11.8 Å². The lowest BCUT2D eigenvalue weighted by Crippen LogP contribution is -2.55. The summed E-state index contributed by atoms with van der Waals surface area (Å²) < 4.78 is 1.62. The third kappa shape index (κ3) is 3.27. The van der Waals surface area contributed by atoms with Crippen LogP contribution in [-0.2, 0) is 11.8 Å². The first-order valence-corrected chi connectivity index (χ1v) is 9.58. The molecule has 1 aromatic heterocycles. The average molecular weight is 359 g/mol. The smallest absolute Gasteiger partial charge is 0.257 e. The van der Waals surface area contributed by atoms with Gasteiger partial charge in [0.15, 0.2) is 5.54 Å². The van der Waals surface area contributed by atoms with Crippen LogP contribution in [0.25, 0.3) is 0 Å². The van der Waals surface area contributed by atoms with E-state index in [4.69, 9.17) is 4.99 Å². The van der Waals surface area contributed by atoms with Crippen LogP contribution in [0.2, 0.25) is 0 Å². The van der Waals surface area contributed by atoms with Crippen LogP contribution in [0.4, 0.5) is 0 Å². The summed E-state index contributed by atoms with van der Waals surface area (Å²) in [5, 5.41) is 4.08. The Balaban J connectivity index is 1.85. The molecule has 0 aromatic carbocycles. The summed E-state index contributed by atoms with van der Waals surface area (Å²) in [6, 6.07) is 0.0851. The molecule has 0 N–H and O–H groups in total. The van der Waals surface area contributed by atoms with Gasteiger partial charge in [-0.15, -0.1) is 0 Å². The highest BCUT2D eigenvalue weighted by molar-refractivity contribution is 6.09. The Morgan fingerprint density at radius 1 is 1.38 bits per heavy atom. The van der Waals surface area contributed by atoms with Gasteiger partial charge in [0.1, 0.15) is 5.84 Å². The maximum absolute atomic E-state index is 13.3. The van der Waals surface area contributed by atoms with Crippen LogP contribution >= 0.6 is 0 Å². The lowest BCUT2D eigenvalue weighted by Gasteiger charge is -2.37. The van der Waals surface area contributed by atoms with Crippen molar-refractivity contribution in [3.63, 3.8) is 0 Å². The molecule has 142 valence electrons. The van der Waals surface area contributed by atoms with Gasteiger partial charge in [-0.1, -0.05) is 13.3 Å². The molecule has 3 rings (SSSR count). The van der Waals surface area contributed by atoms with E-state index in [9.17, 15) is 9.59 Å². The highest BCUT2D eigenvalue weighted by Gasteiger charge is 2.51. The van der Waals surface area contributed by atoms with Gasteiger partial charge in [-0.25, -0.2) is 0 Å². The van der Waals surface area contributed by atoms with Crippen LogP contribution in [-0.4, -0.2) is 61.9 Å². The fourth-order valence-electron chi connectivity index (χ4n) is 3.92. The Hall–Kier alpha value is -2.18. The first-order valence-electron chi connectivity index (χ1n) is 9.58. The monoisotopic (exact) mass is 359 g/mol. The molecule has 1 atom stereocenters. The van der Waals surface area contributed by atoms with E-state index in [-0.39, 0.29) is 17.9 Å². The van der Waals surface area contributed by atoms with Gasteiger partial charge >= 0.3 is 0 Å². The number of amides is 2. The predicted molar refractivity (Wildman–Crippen MR) is 100 cm³/mol. The van der Waals surface area contributed by atoms with Crippen molar-refractivity contribution in [2.45, 2.75) is 64.5 Å². The number of amidine groups is 1. The topological polar surface area (TPSA) is 70.8 Å². The first kappa shape index (κ1) is 18.6. The molecule has 2 aliphatic heterocycles. The lowest BCUT2D eigenvalue weighted by atomic mass is 9.88. The summed E-state index contributed by atoms with van der Waals surface area (Å²) >= 11 is 0. The minimum Gasteiger partial charge on any atom is -0.336 e. The molecule has 2 amide bonds. The summed E-state index contributed by atoms with van der Waals surface area (Å²) in [5.41, 5.74) is -0.241. The summed E-state index contributed by atoms with van der Waals surface area (Å²) in [5.74, 6) is 0.878. The zero-order valence-electron chi connectivity index (χ0n) is 16.2. The Morgan fingerprint density at radius 3 is 2.77 bits per heavy atom. The minimum atomic E-state index is -0.802. The van der Waals surface area contributed by atoms with Gasteiger partial charge in [0.2, 0.25) is 0 Å². The number of unbranched alkanes of at least 4 members (excludes halogenated alkanes) is 1. The van der Waals surface area contributed by atoms with Crippen LogP contribution in [0.15, 0.2) is 17.4 Å². The van der Waals surface area contributed by atoms with E-state index in [0.717, 1.165) is 31.5 Å². The van der Waals surface area contributed by atoms with Crippen LogP contribution in [0.5, 0.6) is 0 Å². The molecule has 7 nitrogen and oxygen atoms in total. The van der Waals surface area contributed by atoms with E-state index in [1.54, 1.807) is 29.0 Å². The van der Waals surface area contributed by atoms with Crippen molar-refractivity contribution in [2.75, 3.05) is 13.1 Å². The van der Waals surface area contributed by atoms with Gasteiger partial charge in [-0.05, 0) is 33.1 Å². The second kappa shape index (κ2) is 7.21. The number of rotatable bonds is 5. The van der Waals surface area contributed by atoms with Crippen molar-refractivity contribution in [3.8, 4) is 0 Å². The van der Waals surface area contributed by atoms with Crippen molar-refractivity contribution in [1.29, 1.82) is 0 Å². The third-order valence-corrected chi connectivity index (χ3v) is 5.22. The van der Waals surface area contributed by atoms with Crippen molar-refractivity contribution in [2.24, 2.45) is 12.0 Å². The number of aliphatic imine (C=N–C) groups is 1. The molecule has 1 saturated heterocycles. The van der Waals surface area contributed by atoms with E-state index < -0.39 is 5.54 Å². The number of nitrogens with zero attached hydrogens (tertiary/aromatic N) is 5. The highest BCUT2D eigenvalue weighted by Crippen LogP contribution is 2.35. The molecule has 1 unspecified atom stereocenters. The number of hydrogen-bond donors (Lipinski definition) is 0. The van der Waals surface area contributed by atoms with Crippen molar-refractivity contribution in [1.82, 2.24) is 19.6 Å². The molecule has 0 radical (unpaired) electrons. The zero-order chi connectivity index (χ0) is 18.9. The molecule has 0 saturated carbocycles. The van der Waals surface area contributed by atoms with E-state index in [0.29, 0.717) is 25.1 Å². The van der Waals surface area contributed by atoms with Crippen LogP contribution in [0, 0.1) is 0 Å². The Bertz CT molecular complexity index is 723. The molecule has 1 aromatic rings. The van der Waals surface area contributed by atoms with E-state index in [2.05, 4.69) is 12.0 Å².